The van der Waals surface area contributed by atoms with Crippen molar-refractivity contribution in [3.63, 3.8) is 0 Å². The molecule has 11 aromatic carbocycles. The molecule has 0 bridgehead atoms. The van der Waals surface area contributed by atoms with Crippen LogP contribution in [0.3, 0.4) is 0 Å². The van der Waals surface area contributed by atoms with E-state index < -0.39 is 0 Å². The Balaban J connectivity index is 0.840. The molecule has 5 nitrogen and oxygen atoms in total. The minimum absolute atomic E-state index is 0.653. The molecule has 0 aliphatic heterocycles. The highest BCUT2D eigenvalue weighted by Gasteiger charge is 2.20. The van der Waals surface area contributed by atoms with Gasteiger partial charge in [0.15, 0.2) is 17.5 Å². The molecule has 14 rings (SSSR count). The Morgan fingerprint density at radius 1 is 0.293 bits per heavy atom. The van der Waals surface area contributed by atoms with Gasteiger partial charge in [0, 0.05) is 70.4 Å². The molecule has 75 heavy (non-hydrogen) atoms. The molecule has 0 N–H and O–H groups in total. The second-order valence-electron chi connectivity index (χ2n) is 18.8. The third-order valence-corrected chi connectivity index (χ3v) is 15.5. The van der Waals surface area contributed by atoms with E-state index >= 15 is 0 Å². The van der Waals surface area contributed by atoms with Crippen molar-refractivity contribution in [2.75, 3.05) is 4.90 Å². The van der Waals surface area contributed by atoms with Crippen molar-refractivity contribution in [3.05, 3.63) is 273 Å². The SMILES string of the molecule is c1ccc(-c2cccc(N(c3ccc(-c4ccc5c(c4)c4ccccc4n5-c4ccc5sc6c(-c7nc(-c8ccccc8)nc(-c8ccccc8)n7)cccc6c5c4)cc3)c3cccc(-c4ccccc4)c3)c2)cc1. The molecular formula is C69H45N5S. The Bertz CT molecular complexity index is 4260. The number of thiophene rings is 1. The molecule has 0 saturated carbocycles. The van der Waals surface area contributed by atoms with Gasteiger partial charge in [-0.1, -0.05) is 194 Å². The van der Waals surface area contributed by atoms with Gasteiger partial charge in [0.2, 0.25) is 0 Å². The first-order chi connectivity index (χ1) is 37.2. The lowest BCUT2D eigenvalue weighted by Gasteiger charge is -2.27. The largest absolute Gasteiger partial charge is 0.310 e. The third kappa shape index (κ3) is 8.11. The number of para-hydroxylation sites is 1. The Morgan fingerprint density at radius 3 is 1.40 bits per heavy atom. The summed E-state index contributed by atoms with van der Waals surface area (Å²) in [5, 5.41) is 4.80. The minimum Gasteiger partial charge on any atom is -0.310 e. The zero-order valence-corrected chi connectivity index (χ0v) is 41.4. The fourth-order valence-corrected chi connectivity index (χ4v) is 11.8. The molecule has 0 unspecified atom stereocenters. The van der Waals surface area contributed by atoms with Gasteiger partial charge in [0.1, 0.15) is 0 Å². The molecular weight excluding hydrogens is 931 g/mol. The molecule has 0 amide bonds. The number of nitrogens with zero attached hydrogens (tertiary/aromatic N) is 5. The highest BCUT2D eigenvalue weighted by Crippen LogP contribution is 2.44. The fraction of sp³-hybridized carbons (Fsp3) is 0. The number of rotatable bonds is 10. The summed E-state index contributed by atoms with van der Waals surface area (Å²) >= 11 is 1.79. The highest BCUT2D eigenvalue weighted by molar-refractivity contribution is 7.26. The van der Waals surface area contributed by atoms with Gasteiger partial charge < -0.3 is 9.47 Å². The van der Waals surface area contributed by atoms with Crippen LogP contribution in [0.25, 0.3) is 115 Å². The standard InChI is InChI=1S/C69H45N5S/c1-5-18-46(19-6-1)51-26-15-28-55(42-51)73(56-29-16-27-52(43-56)47-20-7-2-8-21-47)54-37-34-48(35-38-54)53-36-40-64-61(44-53)58-30-13-14-33-63(58)74(64)57-39-41-65-62(45-57)59-31-17-32-60(66(59)75-65)69-71-67(49-22-9-3-10-23-49)70-68(72-69)50-24-11-4-12-25-50/h1-45H. The number of fused-ring (bicyclic) bond motifs is 6. The predicted octanol–water partition coefficient (Wildman–Crippen LogP) is 18.8. The number of hydrogen-bond acceptors (Lipinski definition) is 5. The second-order valence-corrected chi connectivity index (χ2v) is 19.9. The maximum atomic E-state index is 5.12. The van der Waals surface area contributed by atoms with Gasteiger partial charge in [0.05, 0.1) is 11.0 Å². The lowest BCUT2D eigenvalue weighted by molar-refractivity contribution is 1.08. The lowest BCUT2D eigenvalue weighted by Crippen LogP contribution is -2.10. The van der Waals surface area contributed by atoms with E-state index in [2.05, 4.69) is 246 Å². The van der Waals surface area contributed by atoms with E-state index in [0.29, 0.717) is 17.5 Å². The number of benzene rings is 11. The Morgan fingerprint density at radius 2 is 0.773 bits per heavy atom. The van der Waals surface area contributed by atoms with Crippen LogP contribution in [-0.4, -0.2) is 19.5 Å². The van der Waals surface area contributed by atoms with Gasteiger partial charge >= 0.3 is 0 Å². The quantitative estimate of drug-likeness (QED) is 0.137. The first-order valence-electron chi connectivity index (χ1n) is 25.2. The normalized spacial score (nSPS) is 11.5. The molecule has 0 spiro atoms. The molecule has 0 fully saturated rings. The van der Waals surface area contributed by atoms with Gasteiger partial charge in [-0.15, -0.1) is 11.3 Å². The van der Waals surface area contributed by atoms with Gasteiger partial charge in [-0.05, 0) is 112 Å². The maximum absolute atomic E-state index is 5.12. The van der Waals surface area contributed by atoms with Crippen LogP contribution < -0.4 is 4.90 Å². The molecule has 0 aliphatic carbocycles. The van der Waals surface area contributed by atoms with Gasteiger partial charge in [-0.3, -0.25) is 0 Å². The molecule has 0 saturated heterocycles. The van der Waals surface area contributed by atoms with E-state index in [0.717, 1.165) is 66.3 Å². The van der Waals surface area contributed by atoms with E-state index in [1.165, 1.54) is 48.5 Å². The van der Waals surface area contributed by atoms with Crippen LogP contribution in [0.1, 0.15) is 0 Å². The Labute approximate surface area is 438 Å². The summed E-state index contributed by atoms with van der Waals surface area (Å²) in [4.78, 5) is 17.6. The zero-order valence-electron chi connectivity index (χ0n) is 40.6. The van der Waals surface area contributed by atoms with E-state index in [1.54, 1.807) is 11.3 Å². The van der Waals surface area contributed by atoms with Gasteiger partial charge in [0.25, 0.3) is 0 Å². The van der Waals surface area contributed by atoms with Crippen LogP contribution in [0.4, 0.5) is 17.1 Å². The van der Waals surface area contributed by atoms with Gasteiger partial charge in [-0.25, -0.2) is 15.0 Å². The maximum Gasteiger partial charge on any atom is 0.165 e. The predicted molar refractivity (Wildman–Crippen MR) is 314 cm³/mol. The van der Waals surface area contributed by atoms with Crippen LogP contribution in [0.15, 0.2) is 273 Å². The van der Waals surface area contributed by atoms with E-state index in [4.69, 9.17) is 15.0 Å². The van der Waals surface area contributed by atoms with Crippen LogP contribution in [0, 0.1) is 0 Å². The van der Waals surface area contributed by atoms with Crippen molar-refractivity contribution in [2.45, 2.75) is 0 Å². The smallest absolute Gasteiger partial charge is 0.165 e. The van der Waals surface area contributed by atoms with Crippen LogP contribution >= 0.6 is 11.3 Å². The fourth-order valence-electron chi connectivity index (χ4n) is 10.6. The summed E-state index contributed by atoms with van der Waals surface area (Å²) in [6, 6.07) is 97.3. The summed E-state index contributed by atoms with van der Waals surface area (Å²) in [6.07, 6.45) is 0. The molecule has 352 valence electrons. The summed E-state index contributed by atoms with van der Waals surface area (Å²) in [7, 11) is 0. The molecule has 0 aliphatic rings. The number of hydrogen-bond donors (Lipinski definition) is 0. The number of anilines is 3. The van der Waals surface area contributed by atoms with E-state index in [9.17, 15) is 0 Å². The van der Waals surface area contributed by atoms with Gasteiger partial charge in [-0.2, -0.15) is 0 Å². The first kappa shape index (κ1) is 44.0. The highest BCUT2D eigenvalue weighted by atomic mass is 32.1. The average Bonchev–Trinajstić information content (AvgIpc) is 4.04. The van der Waals surface area contributed by atoms with Crippen molar-refractivity contribution < 1.29 is 0 Å². The Hall–Kier alpha value is -9.75. The summed E-state index contributed by atoms with van der Waals surface area (Å²) < 4.78 is 4.77. The molecule has 0 atom stereocenters. The molecule has 3 heterocycles. The van der Waals surface area contributed by atoms with E-state index in [-0.39, 0.29) is 0 Å². The summed E-state index contributed by atoms with van der Waals surface area (Å²) in [5.74, 6) is 1.96. The van der Waals surface area contributed by atoms with Crippen LogP contribution in [0.2, 0.25) is 0 Å². The zero-order chi connectivity index (χ0) is 49.7. The molecule has 14 aromatic rings. The average molecular weight is 976 g/mol. The molecule has 0 radical (unpaired) electrons. The van der Waals surface area contributed by atoms with Crippen LogP contribution in [0.5, 0.6) is 0 Å². The lowest BCUT2D eigenvalue weighted by atomic mass is 10.0. The first-order valence-corrected chi connectivity index (χ1v) is 26.1. The van der Waals surface area contributed by atoms with Crippen molar-refractivity contribution >= 4 is 70.4 Å². The van der Waals surface area contributed by atoms with Crippen molar-refractivity contribution in [2.24, 2.45) is 0 Å². The minimum atomic E-state index is 0.653. The Kier molecular flexibility index (Phi) is 11.0. The third-order valence-electron chi connectivity index (χ3n) is 14.2. The monoisotopic (exact) mass is 975 g/mol. The number of aromatic nitrogens is 4. The molecule has 3 aromatic heterocycles. The van der Waals surface area contributed by atoms with Crippen molar-refractivity contribution in [1.29, 1.82) is 0 Å². The summed E-state index contributed by atoms with van der Waals surface area (Å²) in [6.45, 7) is 0. The van der Waals surface area contributed by atoms with Crippen molar-refractivity contribution in [1.82, 2.24) is 19.5 Å². The van der Waals surface area contributed by atoms with Crippen LogP contribution in [-0.2, 0) is 0 Å². The van der Waals surface area contributed by atoms with E-state index in [1.807, 2.05) is 36.4 Å². The summed E-state index contributed by atoms with van der Waals surface area (Å²) in [5.41, 5.74) is 16.6. The topological polar surface area (TPSA) is 46.8 Å². The second kappa shape index (κ2) is 18.7. The molecule has 6 heteroatoms. The van der Waals surface area contributed by atoms with Crippen molar-refractivity contribution in [3.8, 4) is 73.2 Å².